The van der Waals surface area contributed by atoms with E-state index in [1.165, 1.54) is 42.5 Å². The second-order valence-corrected chi connectivity index (χ2v) is 6.00. The van der Waals surface area contributed by atoms with Crippen molar-refractivity contribution < 1.29 is 22.9 Å². The summed E-state index contributed by atoms with van der Waals surface area (Å²) in [5.74, 6) is -0.383. The Morgan fingerprint density at radius 2 is 1.89 bits per heavy atom. The number of nitro groups is 1. The van der Waals surface area contributed by atoms with Gasteiger partial charge in [-0.15, -0.1) is 0 Å². The third kappa shape index (κ3) is 6.07. The molecule has 2 rings (SSSR count). The Balaban J connectivity index is 1.91. The minimum absolute atomic E-state index is 0.0351. The Labute approximate surface area is 153 Å². The van der Waals surface area contributed by atoms with E-state index in [-0.39, 0.29) is 36.7 Å². The van der Waals surface area contributed by atoms with Gasteiger partial charge in [-0.3, -0.25) is 14.9 Å². The molecule has 9 heteroatoms. The van der Waals surface area contributed by atoms with Gasteiger partial charge in [0, 0.05) is 37.3 Å². The van der Waals surface area contributed by atoms with Gasteiger partial charge in [-0.2, -0.15) is 13.2 Å². The molecule has 0 aliphatic heterocycles. The number of benzene rings is 2. The van der Waals surface area contributed by atoms with E-state index in [1.54, 1.807) is 11.9 Å². The highest BCUT2D eigenvalue weighted by molar-refractivity contribution is 5.91. The van der Waals surface area contributed by atoms with E-state index in [1.807, 2.05) is 0 Å². The van der Waals surface area contributed by atoms with Gasteiger partial charge >= 0.3 is 6.18 Å². The number of anilines is 1. The fraction of sp³-hybridized carbons (Fsp3) is 0.278. The molecule has 0 heterocycles. The molecule has 0 aliphatic rings. The predicted octanol–water partition coefficient (Wildman–Crippen LogP) is 4.07. The van der Waals surface area contributed by atoms with Crippen LogP contribution in [0.4, 0.5) is 24.5 Å². The van der Waals surface area contributed by atoms with Gasteiger partial charge in [0.05, 0.1) is 10.5 Å². The quantitative estimate of drug-likeness (QED) is 0.579. The van der Waals surface area contributed by atoms with Crippen LogP contribution in [0.5, 0.6) is 0 Å². The highest BCUT2D eigenvalue weighted by Crippen LogP contribution is 2.32. The first kappa shape index (κ1) is 20.4. The summed E-state index contributed by atoms with van der Waals surface area (Å²) in [5, 5.41) is 13.3. The summed E-state index contributed by atoms with van der Waals surface area (Å²) in [7, 11) is 1.62. The molecule has 0 radical (unpaired) electrons. The summed E-state index contributed by atoms with van der Waals surface area (Å²) >= 11 is 0. The second-order valence-electron chi connectivity index (χ2n) is 6.00. The van der Waals surface area contributed by atoms with Crippen molar-refractivity contribution in [1.82, 2.24) is 4.90 Å². The van der Waals surface area contributed by atoms with E-state index in [4.69, 9.17) is 0 Å². The van der Waals surface area contributed by atoms with Gasteiger partial charge < -0.3 is 10.2 Å². The topological polar surface area (TPSA) is 75.5 Å². The number of nitrogens with one attached hydrogen (secondary N) is 1. The monoisotopic (exact) mass is 381 g/mol. The average Bonchev–Trinajstić information content (AvgIpc) is 2.60. The first-order valence-electron chi connectivity index (χ1n) is 8.05. The van der Waals surface area contributed by atoms with Gasteiger partial charge in [0.2, 0.25) is 5.91 Å². The summed E-state index contributed by atoms with van der Waals surface area (Å²) in [5.41, 5.74) is -0.419. The van der Waals surface area contributed by atoms with Crippen molar-refractivity contribution in [2.24, 2.45) is 0 Å². The molecule has 0 aliphatic carbocycles. The third-order valence-corrected chi connectivity index (χ3v) is 3.82. The van der Waals surface area contributed by atoms with Crippen LogP contribution in [0.1, 0.15) is 17.5 Å². The lowest BCUT2D eigenvalue weighted by Gasteiger charge is -2.19. The molecule has 1 amide bonds. The summed E-state index contributed by atoms with van der Waals surface area (Å²) in [6, 6.07) is 10.8. The SMILES string of the molecule is CN(CCC(=O)Nc1cccc([N+](=O)[O-])c1)Cc1ccccc1C(F)(F)F. The number of carbonyl (C=O) groups is 1. The maximum Gasteiger partial charge on any atom is 0.416 e. The fourth-order valence-corrected chi connectivity index (χ4v) is 2.52. The zero-order valence-corrected chi connectivity index (χ0v) is 14.5. The van der Waals surface area contributed by atoms with Crippen molar-refractivity contribution in [2.75, 3.05) is 18.9 Å². The van der Waals surface area contributed by atoms with E-state index in [0.717, 1.165) is 6.07 Å². The maximum absolute atomic E-state index is 13.0. The Kier molecular flexibility index (Phi) is 6.51. The molecule has 0 bridgehead atoms. The summed E-state index contributed by atoms with van der Waals surface area (Å²) in [6.45, 7) is 0.271. The van der Waals surface area contributed by atoms with E-state index >= 15 is 0 Å². The first-order valence-corrected chi connectivity index (χ1v) is 8.05. The van der Waals surface area contributed by atoms with Crippen molar-refractivity contribution in [3.05, 3.63) is 69.8 Å². The van der Waals surface area contributed by atoms with Crippen LogP contribution in [0.2, 0.25) is 0 Å². The van der Waals surface area contributed by atoms with E-state index in [2.05, 4.69) is 5.32 Å². The molecule has 0 spiro atoms. The van der Waals surface area contributed by atoms with Crippen molar-refractivity contribution in [3.63, 3.8) is 0 Å². The molecule has 2 aromatic rings. The molecule has 0 atom stereocenters. The Hall–Kier alpha value is -2.94. The smallest absolute Gasteiger partial charge is 0.326 e. The highest BCUT2D eigenvalue weighted by Gasteiger charge is 2.32. The van der Waals surface area contributed by atoms with Crippen LogP contribution in [-0.2, 0) is 17.5 Å². The lowest BCUT2D eigenvalue weighted by atomic mass is 10.1. The molecule has 0 aromatic heterocycles. The molecular formula is C18H18F3N3O3. The lowest BCUT2D eigenvalue weighted by molar-refractivity contribution is -0.384. The van der Waals surface area contributed by atoms with E-state index < -0.39 is 16.7 Å². The summed E-state index contributed by atoms with van der Waals surface area (Å²) < 4.78 is 39.0. The minimum Gasteiger partial charge on any atom is -0.326 e. The first-order chi connectivity index (χ1) is 12.7. The second kappa shape index (κ2) is 8.63. The zero-order chi connectivity index (χ0) is 20.0. The number of nitro benzene ring substituents is 1. The van der Waals surface area contributed by atoms with Gasteiger partial charge in [0.15, 0.2) is 0 Å². The number of rotatable bonds is 7. The van der Waals surface area contributed by atoms with Crippen LogP contribution in [-0.4, -0.2) is 29.3 Å². The van der Waals surface area contributed by atoms with Crippen LogP contribution in [0.3, 0.4) is 0 Å². The van der Waals surface area contributed by atoms with Gasteiger partial charge in [-0.05, 0) is 24.7 Å². The molecule has 0 saturated heterocycles. The number of alkyl halides is 3. The molecule has 0 unspecified atom stereocenters. The zero-order valence-electron chi connectivity index (χ0n) is 14.5. The Morgan fingerprint density at radius 1 is 1.19 bits per heavy atom. The third-order valence-electron chi connectivity index (χ3n) is 3.82. The van der Waals surface area contributed by atoms with E-state index in [0.29, 0.717) is 5.69 Å². The molecule has 2 aromatic carbocycles. The standard InChI is InChI=1S/C18H18F3N3O3/c1-23(12-13-5-2-3-8-16(13)18(19,20)21)10-9-17(25)22-14-6-4-7-15(11-14)24(26)27/h2-8,11H,9-10,12H2,1H3,(H,22,25). The van der Waals surface area contributed by atoms with Gasteiger partial charge in [-0.1, -0.05) is 24.3 Å². The molecule has 0 fully saturated rings. The number of nitrogens with zero attached hydrogens (tertiary/aromatic N) is 2. The van der Waals surface area contributed by atoms with Crippen molar-refractivity contribution >= 4 is 17.3 Å². The van der Waals surface area contributed by atoms with E-state index in [9.17, 15) is 28.1 Å². The van der Waals surface area contributed by atoms with Gasteiger partial charge in [0.1, 0.15) is 0 Å². The Morgan fingerprint density at radius 3 is 2.56 bits per heavy atom. The van der Waals surface area contributed by atoms with Crippen LogP contribution in [0.25, 0.3) is 0 Å². The maximum atomic E-state index is 13.0. The number of hydrogen-bond donors (Lipinski definition) is 1. The highest BCUT2D eigenvalue weighted by atomic mass is 19.4. The van der Waals surface area contributed by atoms with Gasteiger partial charge in [-0.25, -0.2) is 0 Å². The van der Waals surface area contributed by atoms with Crippen LogP contribution in [0, 0.1) is 10.1 Å². The van der Waals surface area contributed by atoms with Crippen LogP contribution in [0.15, 0.2) is 48.5 Å². The minimum atomic E-state index is -4.43. The van der Waals surface area contributed by atoms with Gasteiger partial charge in [0.25, 0.3) is 5.69 Å². The molecule has 27 heavy (non-hydrogen) atoms. The van der Waals surface area contributed by atoms with Crippen LogP contribution < -0.4 is 5.32 Å². The molecule has 1 N–H and O–H groups in total. The normalized spacial score (nSPS) is 11.4. The lowest BCUT2D eigenvalue weighted by Crippen LogP contribution is -2.25. The molecule has 144 valence electrons. The summed E-state index contributed by atoms with van der Waals surface area (Å²) in [6.07, 6.45) is -4.40. The number of carbonyl (C=O) groups excluding carboxylic acids is 1. The molecule has 0 saturated carbocycles. The van der Waals surface area contributed by atoms with Crippen molar-refractivity contribution in [1.29, 1.82) is 0 Å². The number of hydrogen-bond acceptors (Lipinski definition) is 4. The predicted molar refractivity (Wildman–Crippen MR) is 94.1 cm³/mol. The summed E-state index contributed by atoms with van der Waals surface area (Å²) in [4.78, 5) is 23.8. The van der Waals surface area contributed by atoms with Crippen molar-refractivity contribution in [2.45, 2.75) is 19.1 Å². The average molecular weight is 381 g/mol. The molecule has 6 nitrogen and oxygen atoms in total. The number of halogens is 3. The fourth-order valence-electron chi connectivity index (χ4n) is 2.52. The van der Waals surface area contributed by atoms with Crippen molar-refractivity contribution in [3.8, 4) is 0 Å². The number of amides is 1. The largest absolute Gasteiger partial charge is 0.416 e. The molecular weight excluding hydrogens is 363 g/mol. The Bertz CT molecular complexity index is 825. The van der Waals surface area contributed by atoms with Crippen LogP contribution >= 0.6 is 0 Å². The number of non-ortho nitro benzene ring substituents is 1.